The third-order valence-electron chi connectivity index (χ3n) is 4.10. The number of benzene rings is 2. The van der Waals surface area contributed by atoms with Crippen LogP contribution in [0.15, 0.2) is 77.3 Å². The Kier molecular flexibility index (Phi) is 4.86. The van der Waals surface area contributed by atoms with E-state index < -0.39 is 17.7 Å². The van der Waals surface area contributed by atoms with E-state index in [1.54, 1.807) is 30.3 Å². The fraction of sp³-hybridized carbons (Fsp3) is 0.100. The number of aliphatic hydroxyl groups is 1. The van der Waals surface area contributed by atoms with Gasteiger partial charge in [-0.3, -0.25) is 9.59 Å². The summed E-state index contributed by atoms with van der Waals surface area (Å²) in [6.45, 7) is 3.88. The highest BCUT2D eigenvalue weighted by Crippen LogP contribution is 2.39. The molecule has 0 radical (unpaired) electrons. The Bertz CT molecular complexity index is 856. The zero-order chi connectivity index (χ0) is 18.0. The van der Waals surface area contributed by atoms with E-state index >= 15 is 0 Å². The molecule has 1 saturated heterocycles. The van der Waals surface area contributed by atoms with Crippen LogP contribution in [0.5, 0.6) is 0 Å². The van der Waals surface area contributed by atoms with Gasteiger partial charge in [0.05, 0.1) is 11.6 Å². The molecule has 0 spiro atoms. The molecule has 1 heterocycles. The van der Waals surface area contributed by atoms with Crippen LogP contribution < -0.4 is 0 Å². The molecular formula is C20H16BrNO3. The van der Waals surface area contributed by atoms with Gasteiger partial charge in [-0.05, 0) is 17.7 Å². The van der Waals surface area contributed by atoms with Crippen LogP contribution in [0.3, 0.4) is 0 Å². The van der Waals surface area contributed by atoms with Gasteiger partial charge in [0.1, 0.15) is 5.76 Å². The predicted octanol–water partition coefficient (Wildman–Crippen LogP) is 4.06. The number of carbonyl (C=O) groups excluding carboxylic acids is 2. The van der Waals surface area contributed by atoms with Crippen molar-refractivity contribution in [2.75, 3.05) is 6.54 Å². The average Bonchev–Trinajstić information content (AvgIpc) is 2.88. The summed E-state index contributed by atoms with van der Waals surface area (Å²) in [6.07, 6.45) is 1.57. The number of carbonyl (C=O) groups is 2. The normalized spacial score (nSPS) is 19.2. The van der Waals surface area contributed by atoms with Crippen molar-refractivity contribution in [3.63, 3.8) is 0 Å². The molecule has 0 aromatic heterocycles. The Hall–Kier alpha value is -2.66. The van der Waals surface area contributed by atoms with Crippen molar-refractivity contribution in [3.8, 4) is 0 Å². The fourth-order valence-electron chi connectivity index (χ4n) is 2.95. The van der Waals surface area contributed by atoms with Crippen LogP contribution in [0.4, 0.5) is 0 Å². The number of nitrogens with zero attached hydrogens (tertiary/aromatic N) is 1. The van der Waals surface area contributed by atoms with Crippen LogP contribution in [0.2, 0.25) is 0 Å². The number of Topliss-reactive ketones (excluding diaryl/α,β-unsaturated/α-hetero) is 1. The van der Waals surface area contributed by atoms with Gasteiger partial charge >= 0.3 is 0 Å². The molecule has 3 rings (SSSR count). The van der Waals surface area contributed by atoms with Crippen molar-refractivity contribution in [3.05, 3.63) is 88.4 Å². The molecule has 1 N–H and O–H groups in total. The topological polar surface area (TPSA) is 57.6 Å². The standard InChI is InChI=1S/C20H16BrNO3/c1-2-12-22-17(13-6-4-3-5-7-13)16(19(24)20(22)25)18(23)14-8-10-15(21)11-9-14/h2-11,17,23H,1,12H2/b18-16+/t17-/m0/s1. The maximum atomic E-state index is 12.6. The minimum Gasteiger partial charge on any atom is -0.507 e. The molecule has 0 bridgehead atoms. The molecule has 1 aliphatic heterocycles. The van der Waals surface area contributed by atoms with Crippen LogP contribution in [-0.4, -0.2) is 28.2 Å². The summed E-state index contributed by atoms with van der Waals surface area (Å²) in [5.74, 6) is -1.49. The molecule has 0 saturated carbocycles. The van der Waals surface area contributed by atoms with Crippen molar-refractivity contribution >= 4 is 33.4 Å². The average molecular weight is 398 g/mol. The number of aliphatic hydroxyl groups excluding tert-OH is 1. The smallest absolute Gasteiger partial charge is 0.295 e. The molecule has 1 amide bonds. The van der Waals surface area contributed by atoms with Gasteiger partial charge in [-0.25, -0.2) is 0 Å². The Morgan fingerprint density at radius 1 is 1.12 bits per heavy atom. The highest BCUT2D eigenvalue weighted by atomic mass is 79.9. The van der Waals surface area contributed by atoms with E-state index in [2.05, 4.69) is 22.5 Å². The van der Waals surface area contributed by atoms with Gasteiger partial charge in [0, 0.05) is 16.6 Å². The zero-order valence-electron chi connectivity index (χ0n) is 13.4. The van der Waals surface area contributed by atoms with E-state index in [4.69, 9.17) is 0 Å². The molecule has 5 heteroatoms. The first-order valence-electron chi connectivity index (χ1n) is 7.74. The van der Waals surface area contributed by atoms with E-state index in [0.717, 1.165) is 10.0 Å². The van der Waals surface area contributed by atoms with Crippen molar-refractivity contribution in [2.45, 2.75) is 6.04 Å². The van der Waals surface area contributed by atoms with Crippen LogP contribution in [0.1, 0.15) is 17.2 Å². The summed E-state index contributed by atoms with van der Waals surface area (Å²) in [6, 6.07) is 15.5. The molecule has 0 aliphatic carbocycles. The molecule has 1 aliphatic rings. The largest absolute Gasteiger partial charge is 0.507 e. The van der Waals surface area contributed by atoms with Crippen LogP contribution in [-0.2, 0) is 9.59 Å². The molecule has 0 unspecified atom stereocenters. The Balaban J connectivity index is 2.19. The Morgan fingerprint density at radius 3 is 2.36 bits per heavy atom. The number of hydrogen-bond acceptors (Lipinski definition) is 3. The first-order chi connectivity index (χ1) is 12.0. The number of ketones is 1. The van der Waals surface area contributed by atoms with E-state index in [1.165, 1.54) is 4.90 Å². The number of halogens is 1. The Labute approximate surface area is 154 Å². The highest BCUT2D eigenvalue weighted by Gasteiger charge is 2.45. The monoisotopic (exact) mass is 397 g/mol. The van der Waals surface area contributed by atoms with Gasteiger partial charge in [0.15, 0.2) is 0 Å². The summed E-state index contributed by atoms with van der Waals surface area (Å²) in [5, 5.41) is 10.8. The minimum atomic E-state index is -0.684. The second kappa shape index (κ2) is 7.07. The molecule has 2 aromatic rings. The Morgan fingerprint density at radius 2 is 1.76 bits per heavy atom. The first kappa shape index (κ1) is 17.2. The SMILES string of the molecule is C=CCN1C(=O)C(=O)/C(=C(/O)c2ccc(Br)cc2)[C@@H]1c1ccccc1. The predicted molar refractivity (Wildman–Crippen MR) is 99.8 cm³/mol. The maximum Gasteiger partial charge on any atom is 0.295 e. The van der Waals surface area contributed by atoms with E-state index in [-0.39, 0.29) is 17.9 Å². The van der Waals surface area contributed by atoms with Crippen molar-refractivity contribution in [1.29, 1.82) is 0 Å². The molecule has 1 fully saturated rings. The van der Waals surface area contributed by atoms with Gasteiger partial charge in [-0.15, -0.1) is 6.58 Å². The van der Waals surface area contributed by atoms with Gasteiger partial charge in [0.25, 0.3) is 11.7 Å². The summed E-state index contributed by atoms with van der Waals surface area (Å²) in [4.78, 5) is 26.5. The molecule has 126 valence electrons. The fourth-order valence-corrected chi connectivity index (χ4v) is 3.22. The maximum absolute atomic E-state index is 12.6. The number of amides is 1. The van der Waals surface area contributed by atoms with Crippen LogP contribution in [0.25, 0.3) is 5.76 Å². The molecular weight excluding hydrogens is 382 g/mol. The minimum absolute atomic E-state index is 0.0976. The van der Waals surface area contributed by atoms with E-state index in [9.17, 15) is 14.7 Å². The zero-order valence-corrected chi connectivity index (χ0v) is 14.9. The van der Waals surface area contributed by atoms with Crippen LogP contribution in [0, 0.1) is 0 Å². The van der Waals surface area contributed by atoms with Gasteiger partial charge in [-0.2, -0.15) is 0 Å². The molecule has 1 atom stereocenters. The lowest BCUT2D eigenvalue weighted by Crippen LogP contribution is -2.29. The first-order valence-corrected chi connectivity index (χ1v) is 8.54. The third-order valence-corrected chi connectivity index (χ3v) is 4.63. The number of hydrogen-bond donors (Lipinski definition) is 1. The highest BCUT2D eigenvalue weighted by molar-refractivity contribution is 9.10. The van der Waals surface area contributed by atoms with Crippen LogP contribution >= 0.6 is 15.9 Å². The third kappa shape index (κ3) is 3.15. The quantitative estimate of drug-likeness (QED) is 0.366. The lowest BCUT2D eigenvalue weighted by Gasteiger charge is -2.24. The van der Waals surface area contributed by atoms with Gasteiger partial charge in [-0.1, -0.05) is 64.5 Å². The summed E-state index contributed by atoms with van der Waals surface area (Å²) in [5.41, 5.74) is 1.35. The lowest BCUT2D eigenvalue weighted by atomic mass is 9.95. The van der Waals surface area contributed by atoms with Gasteiger partial charge < -0.3 is 10.0 Å². The van der Waals surface area contributed by atoms with E-state index in [0.29, 0.717) is 5.56 Å². The molecule has 25 heavy (non-hydrogen) atoms. The van der Waals surface area contributed by atoms with Crippen molar-refractivity contribution in [2.24, 2.45) is 0 Å². The summed E-state index contributed by atoms with van der Waals surface area (Å²) in [7, 11) is 0. The van der Waals surface area contributed by atoms with Gasteiger partial charge in [0.2, 0.25) is 0 Å². The molecule has 2 aromatic carbocycles. The number of likely N-dealkylation sites (tertiary alicyclic amines) is 1. The summed E-state index contributed by atoms with van der Waals surface area (Å²) >= 11 is 3.34. The second-order valence-electron chi connectivity index (χ2n) is 5.66. The second-order valence-corrected chi connectivity index (χ2v) is 6.57. The lowest BCUT2D eigenvalue weighted by molar-refractivity contribution is -0.139. The summed E-state index contributed by atoms with van der Waals surface area (Å²) < 4.78 is 0.857. The number of rotatable bonds is 4. The van der Waals surface area contributed by atoms with Crippen molar-refractivity contribution < 1.29 is 14.7 Å². The van der Waals surface area contributed by atoms with E-state index in [1.807, 2.05) is 30.3 Å². The molecule has 4 nitrogen and oxygen atoms in total. The van der Waals surface area contributed by atoms with Crippen molar-refractivity contribution in [1.82, 2.24) is 4.90 Å².